The van der Waals surface area contributed by atoms with Crippen LogP contribution >= 0.6 is 0 Å². The molecule has 94 valence electrons. The highest BCUT2D eigenvalue weighted by molar-refractivity contribution is 5.51. The standard InChI is InChI=1S/C13H10N4O2/c14-8-11-4-2-6-15-13(11)16-9-10-3-1-5-12(7-10)17(18)19/h1-7H,9H2,(H,15,16). The topological polar surface area (TPSA) is 91.8 Å². The zero-order valence-electron chi connectivity index (χ0n) is 9.91. The Morgan fingerprint density at radius 2 is 2.21 bits per heavy atom. The number of anilines is 1. The van der Waals surface area contributed by atoms with Gasteiger partial charge in [0.05, 0.1) is 10.5 Å². The third-order valence-electron chi connectivity index (χ3n) is 2.51. The van der Waals surface area contributed by atoms with E-state index in [0.717, 1.165) is 5.56 Å². The number of hydrogen-bond acceptors (Lipinski definition) is 5. The van der Waals surface area contributed by atoms with E-state index in [1.165, 1.54) is 12.1 Å². The molecule has 1 N–H and O–H groups in total. The smallest absolute Gasteiger partial charge is 0.269 e. The minimum absolute atomic E-state index is 0.0424. The monoisotopic (exact) mass is 254 g/mol. The largest absolute Gasteiger partial charge is 0.365 e. The molecule has 0 fully saturated rings. The molecule has 0 amide bonds. The average Bonchev–Trinajstić information content (AvgIpc) is 2.45. The van der Waals surface area contributed by atoms with Crippen molar-refractivity contribution < 1.29 is 4.92 Å². The zero-order chi connectivity index (χ0) is 13.7. The van der Waals surface area contributed by atoms with Crippen molar-refractivity contribution in [3.05, 3.63) is 63.8 Å². The lowest BCUT2D eigenvalue weighted by molar-refractivity contribution is -0.384. The van der Waals surface area contributed by atoms with Crippen LogP contribution in [-0.4, -0.2) is 9.91 Å². The Balaban J connectivity index is 2.13. The van der Waals surface area contributed by atoms with Gasteiger partial charge in [0.25, 0.3) is 5.69 Å². The Bertz CT molecular complexity index is 649. The molecule has 6 nitrogen and oxygen atoms in total. The van der Waals surface area contributed by atoms with Crippen molar-refractivity contribution in [2.75, 3.05) is 5.32 Å². The molecular weight excluding hydrogens is 244 g/mol. The molecule has 6 heteroatoms. The van der Waals surface area contributed by atoms with Gasteiger partial charge in [0.1, 0.15) is 11.9 Å². The predicted octanol–water partition coefficient (Wildman–Crippen LogP) is 2.47. The predicted molar refractivity (Wildman–Crippen MR) is 69.4 cm³/mol. The summed E-state index contributed by atoms with van der Waals surface area (Å²) in [7, 11) is 0. The molecule has 0 aliphatic rings. The SMILES string of the molecule is N#Cc1cccnc1NCc1cccc([N+](=O)[O-])c1. The average molecular weight is 254 g/mol. The summed E-state index contributed by atoms with van der Waals surface area (Å²) < 4.78 is 0. The lowest BCUT2D eigenvalue weighted by Crippen LogP contribution is -2.03. The van der Waals surface area contributed by atoms with E-state index in [9.17, 15) is 10.1 Å². The molecule has 0 aliphatic carbocycles. The second-order valence-corrected chi connectivity index (χ2v) is 3.79. The van der Waals surface area contributed by atoms with E-state index in [4.69, 9.17) is 5.26 Å². The van der Waals surface area contributed by atoms with Crippen LogP contribution in [0.25, 0.3) is 0 Å². The Labute approximate surface area is 109 Å². The summed E-state index contributed by atoms with van der Waals surface area (Å²) in [5, 5.41) is 22.6. The lowest BCUT2D eigenvalue weighted by atomic mass is 10.2. The summed E-state index contributed by atoms with van der Waals surface area (Å²) in [6.07, 6.45) is 1.58. The van der Waals surface area contributed by atoms with Gasteiger partial charge >= 0.3 is 0 Å². The molecule has 1 aromatic heterocycles. The molecule has 2 rings (SSSR count). The first-order valence-electron chi connectivity index (χ1n) is 5.53. The molecule has 0 bridgehead atoms. The van der Waals surface area contributed by atoms with Crippen molar-refractivity contribution in [2.45, 2.75) is 6.54 Å². The highest BCUT2D eigenvalue weighted by atomic mass is 16.6. The molecule has 0 saturated carbocycles. The fraction of sp³-hybridized carbons (Fsp3) is 0.0769. The van der Waals surface area contributed by atoms with Crippen LogP contribution < -0.4 is 5.32 Å². The molecule has 0 unspecified atom stereocenters. The molecule has 0 radical (unpaired) electrons. The third kappa shape index (κ3) is 3.04. The first-order valence-corrected chi connectivity index (χ1v) is 5.53. The van der Waals surface area contributed by atoms with Crippen LogP contribution in [0.1, 0.15) is 11.1 Å². The number of pyridine rings is 1. The summed E-state index contributed by atoms with van der Waals surface area (Å²) in [6, 6.07) is 11.7. The molecule has 1 heterocycles. The van der Waals surface area contributed by atoms with Gasteiger partial charge in [-0.05, 0) is 17.7 Å². The third-order valence-corrected chi connectivity index (χ3v) is 2.51. The number of nitro groups is 1. The number of hydrogen-bond donors (Lipinski definition) is 1. The summed E-state index contributed by atoms with van der Waals surface area (Å²) in [6.45, 7) is 0.368. The van der Waals surface area contributed by atoms with Gasteiger partial charge in [0, 0.05) is 24.9 Å². The Kier molecular flexibility index (Phi) is 3.69. The van der Waals surface area contributed by atoms with Gasteiger partial charge in [-0.3, -0.25) is 10.1 Å². The van der Waals surface area contributed by atoms with Crippen LogP contribution in [0.3, 0.4) is 0 Å². The van der Waals surface area contributed by atoms with Crippen molar-refractivity contribution in [3.8, 4) is 6.07 Å². The molecule has 0 spiro atoms. The molecule has 1 aromatic carbocycles. The molecule has 0 saturated heterocycles. The number of aromatic nitrogens is 1. The van der Waals surface area contributed by atoms with Crippen LogP contribution in [0.15, 0.2) is 42.6 Å². The van der Waals surface area contributed by atoms with Crippen LogP contribution in [0.5, 0.6) is 0 Å². The Morgan fingerprint density at radius 1 is 1.37 bits per heavy atom. The van der Waals surface area contributed by atoms with Gasteiger partial charge in [-0.15, -0.1) is 0 Å². The highest BCUT2D eigenvalue weighted by Crippen LogP contribution is 2.15. The van der Waals surface area contributed by atoms with Crippen LogP contribution in [0, 0.1) is 21.4 Å². The van der Waals surface area contributed by atoms with Crippen molar-refractivity contribution in [1.29, 1.82) is 5.26 Å². The van der Waals surface area contributed by atoms with Crippen LogP contribution in [0.4, 0.5) is 11.5 Å². The van der Waals surface area contributed by atoms with E-state index in [0.29, 0.717) is 17.9 Å². The number of non-ortho nitro benzene ring substituents is 1. The van der Waals surface area contributed by atoms with Gasteiger partial charge < -0.3 is 5.32 Å². The van der Waals surface area contributed by atoms with Crippen LogP contribution in [-0.2, 0) is 6.54 Å². The van der Waals surface area contributed by atoms with Crippen molar-refractivity contribution >= 4 is 11.5 Å². The van der Waals surface area contributed by atoms with E-state index in [-0.39, 0.29) is 5.69 Å². The summed E-state index contributed by atoms with van der Waals surface area (Å²) in [5.41, 5.74) is 1.23. The molecule has 0 atom stereocenters. The fourth-order valence-corrected chi connectivity index (χ4v) is 1.60. The number of nitrogens with one attached hydrogen (secondary N) is 1. The van der Waals surface area contributed by atoms with Crippen LogP contribution in [0.2, 0.25) is 0 Å². The van der Waals surface area contributed by atoms with E-state index in [2.05, 4.69) is 10.3 Å². The van der Waals surface area contributed by atoms with Gasteiger partial charge in [-0.1, -0.05) is 12.1 Å². The van der Waals surface area contributed by atoms with Gasteiger partial charge in [-0.25, -0.2) is 4.98 Å². The van der Waals surface area contributed by atoms with E-state index < -0.39 is 4.92 Å². The highest BCUT2D eigenvalue weighted by Gasteiger charge is 2.06. The lowest BCUT2D eigenvalue weighted by Gasteiger charge is -2.06. The van der Waals surface area contributed by atoms with E-state index >= 15 is 0 Å². The number of benzene rings is 1. The maximum atomic E-state index is 10.7. The maximum Gasteiger partial charge on any atom is 0.269 e. The van der Waals surface area contributed by atoms with Crippen molar-refractivity contribution in [2.24, 2.45) is 0 Å². The second-order valence-electron chi connectivity index (χ2n) is 3.79. The van der Waals surface area contributed by atoms with Gasteiger partial charge in [-0.2, -0.15) is 5.26 Å². The van der Waals surface area contributed by atoms with Crippen molar-refractivity contribution in [1.82, 2.24) is 4.98 Å². The maximum absolute atomic E-state index is 10.7. The fourth-order valence-electron chi connectivity index (χ4n) is 1.60. The number of rotatable bonds is 4. The molecular formula is C13H10N4O2. The number of nitro benzene ring substituents is 1. The number of nitrogens with zero attached hydrogens (tertiary/aromatic N) is 3. The number of nitriles is 1. The first kappa shape index (κ1) is 12.5. The van der Waals surface area contributed by atoms with Crippen molar-refractivity contribution in [3.63, 3.8) is 0 Å². The Hall–Kier alpha value is -2.94. The Morgan fingerprint density at radius 3 is 2.95 bits per heavy atom. The normalized spacial score (nSPS) is 9.63. The van der Waals surface area contributed by atoms with E-state index in [1.54, 1.807) is 30.5 Å². The summed E-state index contributed by atoms with van der Waals surface area (Å²) in [5.74, 6) is 0.469. The molecule has 0 aliphatic heterocycles. The summed E-state index contributed by atoms with van der Waals surface area (Å²) in [4.78, 5) is 14.3. The second kappa shape index (κ2) is 5.60. The minimum Gasteiger partial charge on any atom is -0.365 e. The van der Waals surface area contributed by atoms with Gasteiger partial charge in [0.2, 0.25) is 0 Å². The van der Waals surface area contributed by atoms with Gasteiger partial charge in [0.15, 0.2) is 0 Å². The summed E-state index contributed by atoms with van der Waals surface area (Å²) >= 11 is 0. The molecule has 19 heavy (non-hydrogen) atoms. The molecule has 2 aromatic rings. The first-order chi connectivity index (χ1) is 9.20. The van der Waals surface area contributed by atoms with E-state index in [1.807, 2.05) is 6.07 Å². The zero-order valence-corrected chi connectivity index (χ0v) is 9.91. The minimum atomic E-state index is -0.440. The quantitative estimate of drug-likeness (QED) is 0.668.